The molecule has 3 nitrogen and oxygen atoms in total. The van der Waals surface area contributed by atoms with Gasteiger partial charge in [0.2, 0.25) is 0 Å². The summed E-state index contributed by atoms with van der Waals surface area (Å²) in [5.74, 6) is 0.769. The van der Waals surface area contributed by atoms with Gasteiger partial charge < -0.3 is 9.88 Å². The molecule has 0 aromatic carbocycles. The minimum Gasteiger partial charge on any atom is -0.334 e. The molecule has 1 aliphatic rings. The first-order valence-electron chi connectivity index (χ1n) is 7.12. The van der Waals surface area contributed by atoms with E-state index in [-0.39, 0.29) is 0 Å². The number of aromatic nitrogens is 2. The maximum Gasteiger partial charge on any atom is 0.0948 e. The molecule has 1 saturated carbocycles. The molecule has 0 unspecified atom stereocenters. The van der Waals surface area contributed by atoms with Crippen molar-refractivity contribution in [3.63, 3.8) is 0 Å². The maximum atomic E-state index is 4.34. The van der Waals surface area contributed by atoms with Crippen LogP contribution in [0, 0.1) is 0 Å². The standard InChI is InChI=1S/C14H25N3/c1-2-15-9-6-10-17-12-16-11-14(17)13-7-4-3-5-8-13/h11-13,15H,2-10H2,1H3. The van der Waals surface area contributed by atoms with E-state index >= 15 is 0 Å². The molecule has 0 radical (unpaired) electrons. The quantitative estimate of drug-likeness (QED) is 0.768. The summed E-state index contributed by atoms with van der Waals surface area (Å²) in [5.41, 5.74) is 1.47. The summed E-state index contributed by atoms with van der Waals surface area (Å²) < 4.78 is 2.37. The highest BCUT2D eigenvalue weighted by Crippen LogP contribution is 2.32. The van der Waals surface area contributed by atoms with Gasteiger partial charge >= 0.3 is 0 Å². The molecule has 3 heteroatoms. The van der Waals surface area contributed by atoms with Crippen molar-refractivity contribution in [2.45, 2.75) is 57.9 Å². The molecule has 1 aromatic heterocycles. The number of hydrogen-bond donors (Lipinski definition) is 1. The van der Waals surface area contributed by atoms with Gasteiger partial charge in [0.1, 0.15) is 0 Å². The van der Waals surface area contributed by atoms with Gasteiger partial charge in [-0.2, -0.15) is 0 Å². The smallest absolute Gasteiger partial charge is 0.0948 e. The zero-order valence-electron chi connectivity index (χ0n) is 11.0. The maximum absolute atomic E-state index is 4.34. The Morgan fingerprint density at radius 2 is 2.18 bits per heavy atom. The first-order valence-corrected chi connectivity index (χ1v) is 7.12. The fourth-order valence-electron chi connectivity index (χ4n) is 2.81. The van der Waals surface area contributed by atoms with Crippen molar-refractivity contribution < 1.29 is 0 Å². The molecule has 1 N–H and O–H groups in total. The Morgan fingerprint density at radius 3 is 2.94 bits per heavy atom. The average Bonchev–Trinajstić information content (AvgIpc) is 2.84. The van der Waals surface area contributed by atoms with Gasteiger partial charge in [0.05, 0.1) is 6.33 Å². The van der Waals surface area contributed by atoms with E-state index in [1.165, 1.54) is 44.2 Å². The van der Waals surface area contributed by atoms with Crippen molar-refractivity contribution >= 4 is 0 Å². The molecule has 1 aliphatic carbocycles. The Balaban J connectivity index is 1.87. The number of aryl methyl sites for hydroxylation is 1. The SMILES string of the molecule is CCNCCCn1cncc1C1CCCCC1. The Bertz CT molecular complexity index is 313. The highest BCUT2D eigenvalue weighted by atomic mass is 15.0. The Hall–Kier alpha value is -0.830. The van der Waals surface area contributed by atoms with Gasteiger partial charge in [-0.3, -0.25) is 0 Å². The van der Waals surface area contributed by atoms with E-state index in [4.69, 9.17) is 0 Å². The lowest BCUT2D eigenvalue weighted by Crippen LogP contribution is -2.17. The highest BCUT2D eigenvalue weighted by molar-refractivity contribution is 5.07. The first kappa shape index (κ1) is 12.6. The van der Waals surface area contributed by atoms with Crippen LogP contribution in [0.1, 0.15) is 57.1 Å². The van der Waals surface area contributed by atoms with E-state index < -0.39 is 0 Å². The summed E-state index contributed by atoms with van der Waals surface area (Å²) in [6.45, 7) is 5.45. The van der Waals surface area contributed by atoms with Crippen molar-refractivity contribution in [3.05, 3.63) is 18.2 Å². The van der Waals surface area contributed by atoms with Gasteiger partial charge in [-0.05, 0) is 32.4 Å². The number of rotatable bonds is 6. The minimum atomic E-state index is 0.769. The van der Waals surface area contributed by atoms with Crippen LogP contribution in [0.15, 0.2) is 12.5 Å². The predicted octanol–water partition coefficient (Wildman–Crippen LogP) is 2.93. The van der Waals surface area contributed by atoms with Crippen molar-refractivity contribution in [1.82, 2.24) is 14.9 Å². The lowest BCUT2D eigenvalue weighted by molar-refractivity contribution is 0.421. The lowest BCUT2D eigenvalue weighted by Gasteiger charge is -2.22. The van der Waals surface area contributed by atoms with Gasteiger partial charge in [-0.15, -0.1) is 0 Å². The molecule has 1 aromatic rings. The van der Waals surface area contributed by atoms with Gasteiger partial charge in [0, 0.05) is 24.4 Å². The second-order valence-electron chi connectivity index (χ2n) is 5.05. The van der Waals surface area contributed by atoms with E-state index in [2.05, 4.69) is 28.0 Å². The lowest BCUT2D eigenvalue weighted by atomic mass is 9.87. The minimum absolute atomic E-state index is 0.769. The van der Waals surface area contributed by atoms with Crippen LogP contribution in [0.25, 0.3) is 0 Å². The molecular formula is C14H25N3. The molecule has 0 aliphatic heterocycles. The molecule has 0 atom stereocenters. The zero-order chi connectivity index (χ0) is 11.9. The molecule has 0 spiro atoms. The van der Waals surface area contributed by atoms with E-state index in [9.17, 15) is 0 Å². The molecule has 0 amide bonds. The predicted molar refractivity (Wildman–Crippen MR) is 71.2 cm³/mol. The summed E-state index contributed by atoms with van der Waals surface area (Å²) in [4.78, 5) is 4.34. The fourth-order valence-corrected chi connectivity index (χ4v) is 2.81. The fraction of sp³-hybridized carbons (Fsp3) is 0.786. The topological polar surface area (TPSA) is 29.9 Å². The third-order valence-corrected chi connectivity index (χ3v) is 3.77. The van der Waals surface area contributed by atoms with Gasteiger partial charge in [0.15, 0.2) is 0 Å². The van der Waals surface area contributed by atoms with E-state index in [0.717, 1.165) is 25.6 Å². The van der Waals surface area contributed by atoms with Crippen molar-refractivity contribution in [2.75, 3.05) is 13.1 Å². The summed E-state index contributed by atoms with van der Waals surface area (Å²) in [5, 5.41) is 3.38. The van der Waals surface area contributed by atoms with Crippen LogP contribution in [0.2, 0.25) is 0 Å². The van der Waals surface area contributed by atoms with Gasteiger partial charge in [-0.25, -0.2) is 4.98 Å². The number of nitrogens with zero attached hydrogens (tertiary/aromatic N) is 2. The van der Waals surface area contributed by atoms with Gasteiger partial charge in [0.25, 0.3) is 0 Å². The third-order valence-electron chi connectivity index (χ3n) is 3.77. The summed E-state index contributed by atoms with van der Waals surface area (Å²) in [6, 6.07) is 0. The first-order chi connectivity index (χ1) is 8.42. The molecule has 0 bridgehead atoms. The Kier molecular flexibility index (Phi) is 5.05. The van der Waals surface area contributed by atoms with Gasteiger partial charge in [-0.1, -0.05) is 26.2 Å². The van der Waals surface area contributed by atoms with Crippen LogP contribution in [-0.2, 0) is 6.54 Å². The second-order valence-corrected chi connectivity index (χ2v) is 5.05. The molecular weight excluding hydrogens is 210 g/mol. The van der Waals surface area contributed by atoms with Crippen molar-refractivity contribution in [2.24, 2.45) is 0 Å². The molecule has 17 heavy (non-hydrogen) atoms. The molecule has 0 saturated heterocycles. The van der Waals surface area contributed by atoms with Crippen LogP contribution in [0.4, 0.5) is 0 Å². The third kappa shape index (κ3) is 3.56. The summed E-state index contributed by atoms with van der Waals surface area (Å²) in [7, 11) is 0. The highest BCUT2D eigenvalue weighted by Gasteiger charge is 2.18. The van der Waals surface area contributed by atoms with Crippen molar-refractivity contribution in [3.8, 4) is 0 Å². The van der Waals surface area contributed by atoms with Crippen LogP contribution in [-0.4, -0.2) is 22.6 Å². The summed E-state index contributed by atoms with van der Waals surface area (Å²) >= 11 is 0. The number of hydrogen-bond acceptors (Lipinski definition) is 2. The average molecular weight is 235 g/mol. The molecule has 1 fully saturated rings. The monoisotopic (exact) mass is 235 g/mol. The molecule has 96 valence electrons. The largest absolute Gasteiger partial charge is 0.334 e. The number of imidazole rings is 1. The van der Waals surface area contributed by atoms with E-state index in [0.29, 0.717) is 0 Å². The van der Waals surface area contributed by atoms with E-state index in [1.54, 1.807) is 0 Å². The zero-order valence-corrected chi connectivity index (χ0v) is 11.0. The summed E-state index contributed by atoms with van der Waals surface area (Å²) in [6.07, 6.45) is 12.2. The Labute approximate surface area is 105 Å². The second kappa shape index (κ2) is 6.80. The van der Waals surface area contributed by atoms with Crippen LogP contribution < -0.4 is 5.32 Å². The van der Waals surface area contributed by atoms with Crippen molar-refractivity contribution in [1.29, 1.82) is 0 Å². The Morgan fingerprint density at radius 1 is 1.35 bits per heavy atom. The number of nitrogens with one attached hydrogen (secondary N) is 1. The normalized spacial score (nSPS) is 17.5. The van der Waals surface area contributed by atoms with E-state index in [1.807, 2.05) is 6.33 Å². The van der Waals surface area contributed by atoms with Crippen LogP contribution in [0.3, 0.4) is 0 Å². The van der Waals surface area contributed by atoms with Crippen LogP contribution >= 0.6 is 0 Å². The molecule has 1 heterocycles. The molecule has 2 rings (SSSR count). The van der Waals surface area contributed by atoms with Crippen LogP contribution in [0.5, 0.6) is 0 Å².